The number of carbonyl (C=O) groups excluding carboxylic acids is 1. The van der Waals surface area contributed by atoms with Gasteiger partial charge in [-0.15, -0.1) is 0 Å². The molecule has 0 saturated carbocycles. The first-order chi connectivity index (χ1) is 14.2. The molecule has 1 amide bonds. The second kappa shape index (κ2) is 9.74. The number of rotatable bonds is 5. The Labute approximate surface area is 177 Å². The Morgan fingerprint density at radius 2 is 2.14 bits per heavy atom. The summed E-state index contributed by atoms with van der Waals surface area (Å²) in [7, 11) is 2.07. The van der Waals surface area contributed by atoms with Gasteiger partial charge in [-0.05, 0) is 49.3 Å². The van der Waals surface area contributed by atoms with Crippen LogP contribution in [0, 0.1) is 0 Å². The number of amides is 1. The van der Waals surface area contributed by atoms with Gasteiger partial charge in [0.2, 0.25) is 5.91 Å². The van der Waals surface area contributed by atoms with E-state index in [4.69, 9.17) is 4.74 Å². The summed E-state index contributed by atoms with van der Waals surface area (Å²) in [6.45, 7) is 4.17. The number of hydrogen-bond donors (Lipinski definition) is 1. The standard InChI is InChI=1S/C23H31N3O2S/c1-25-12-6-2-3-8-20(25)23(27)24-11-13-26-15-18-7-4-5-9-21(18)28-22(16-26)19-10-14-29-17-19/h4-5,7,9-10,14,17,20,22H,2-3,6,8,11-13,15-16H2,1H3,(H,24,27). The molecule has 4 rings (SSSR count). The third-order valence-corrected chi connectivity index (χ3v) is 6.73. The quantitative estimate of drug-likeness (QED) is 0.812. The molecule has 1 fully saturated rings. The van der Waals surface area contributed by atoms with E-state index in [1.807, 2.05) is 6.07 Å². The number of ether oxygens (including phenoxy) is 1. The molecule has 1 N–H and O–H groups in total. The molecule has 0 radical (unpaired) electrons. The van der Waals surface area contributed by atoms with E-state index in [0.717, 1.165) is 44.8 Å². The van der Waals surface area contributed by atoms with Crippen LogP contribution >= 0.6 is 11.3 Å². The topological polar surface area (TPSA) is 44.8 Å². The van der Waals surface area contributed by atoms with Crippen molar-refractivity contribution in [1.29, 1.82) is 0 Å². The number of nitrogens with zero attached hydrogens (tertiary/aromatic N) is 2. The molecule has 2 unspecified atom stereocenters. The molecular formula is C23H31N3O2S. The van der Waals surface area contributed by atoms with Crippen molar-refractivity contribution >= 4 is 17.2 Å². The number of hydrogen-bond acceptors (Lipinski definition) is 5. The van der Waals surface area contributed by atoms with Crippen molar-refractivity contribution in [2.75, 3.05) is 33.2 Å². The molecule has 0 spiro atoms. The molecular weight excluding hydrogens is 382 g/mol. The maximum atomic E-state index is 12.7. The molecule has 1 aromatic carbocycles. The fourth-order valence-electron chi connectivity index (χ4n) is 4.32. The maximum Gasteiger partial charge on any atom is 0.237 e. The van der Waals surface area contributed by atoms with Gasteiger partial charge in [0.05, 0.1) is 6.04 Å². The first-order valence-electron chi connectivity index (χ1n) is 10.7. The number of nitrogens with one attached hydrogen (secondary N) is 1. The lowest BCUT2D eigenvalue weighted by Gasteiger charge is -2.26. The Bertz CT molecular complexity index is 795. The summed E-state index contributed by atoms with van der Waals surface area (Å²) in [4.78, 5) is 17.3. The summed E-state index contributed by atoms with van der Waals surface area (Å²) in [6, 6.07) is 10.5. The minimum absolute atomic E-state index is 0.0178. The molecule has 2 atom stereocenters. The van der Waals surface area contributed by atoms with Crippen LogP contribution in [0.25, 0.3) is 0 Å². The lowest BCUT2D eigenvalue weighted by atomic mass is 10.1. The second-order valence-electron chi connectivity index (χ2n) is 8.14. The summed E-state index contributed by atoms with van der Waals surface area (Å²) in [5, 5.41) is 7.46. The van der Waals surface area contributed by atoms with Gasteiger partial charge in [-0.25, -0.2) is 0 Å². The van der Waals surface area contributed by atoms with Crippen molar-refractivity contribution in [2.45, 2.75) is 44.4 Å². The van der Waals surface area contributed by atoms with Crippen LogP contribution in [0.2, 0.25) is 0 Å². The van der Waals surface area contributed by atoms with Crippen LogP contribution in [0.5, 0.6) is 5.75 Å². The van der Waals surface area contributed by atoms with Crippen LogP contribution < -0.4 is 10.1 Å². The van der Waals surface area contributed by atoms with E-state index in [-0.39, 0.29) is 18.1 Å². The number of fused-ring (bicyclic) bond motifs is 1. The van der Waals surface area contributed by atoms with E-state index in [2.05, 4.69) is 57.2 Å². The van der Waals surface area contributed by atoms with Gasteiger partial charge in [0.25, 0.3) is 0 Å². The predicted molar refractivity (Wildman–Crippen MR) is 117 cm³/mol. The van der Waals surface area contributed by atoms with Crippen LogP contribution in [-0.4, -0.2) is 55.0 Å². The number of para-hydroxylation sites is 1. The lowest BCUT2D eigenvalue weighted by molar-refractivity contribution is -0.126. The van der Waals surface area contributed by atoms with Gasteiger partial charge in [-0.3, -0.25) is 14.6 Å². The molecule has 0 aliphatic carbocycles. The van der Waals surface area contributed by atoms with Crippen molar-refractivity contribution < 1.29 is 9.53 Å². The number of likely N-dealkylation sites (N-methyl/N-ethyl adjacent to an activating group) is 1. The summed E-state index contributed by atoms with van der Waals surface area (Å²) in [6.07, 6.45) is 4.55. The molecule has 0 bridgehead atoms. The van der Waals surface area contributed by atoms with Gasteiger partial charge in [-0.2, -0.15) is 11.3 Å². The minimum Gasteiger partial charge on any atom is -0.484 e. The van der Waals surface area contributed by atoms with E-state index in [0.29, 0.717) is 6.54 Å². The summed E-state index contributed by atoms with van der Waals surface area (Å²) >= 11 is 1.70. The lowest BCUT2D eigenvalue weighted by Crippen LogP contribution is -2.46. The van der Waals surface area contributed by atoms with Crippen LogP contribution in [0.15, 0.2) is 41.1 Å². The number of carbonyl (C=O) groups is 1. The Morgan fingerprint density at radius 3 is 3.00 bits per heavy atom. The molecule has 2 aliphatic heterocycles. The third-order valence-electron chi connectivity index (χ3n) is 6.03. The fourth-order valence-corrected chi connectivity index (χ4v) is 5.02. The molecule has 1 saturated heterocycles. The number of likely N-dealkylation sites (tertiary alicyclic amines) is 1. The molecule has 2 aliphatic rings. The van der Waals surface area contributed by atoms with E-state index >= 15 is 0 Å². The van der Waals surface area contributed by atoms with Crippen LogP contribution in [0.1, 0.15) is 42.9 Å². The largest absolute Gasteiger partial charge is 0.484 e. The Hall–Kier alpha value is -1.89. The summed E-state index contributed by atoms with van der Waals surface area (Å²) < 4.78 is 6.35. The molecule has 3 heterocycles. The molecule has 2 aromatic rings. The Kier molecular flexibility index (Phi) is 6.85. The minimum atomic E-state index is 0.0178. The third kappa shape index (κ3) is 5.18. The highest BCUT2D eigenvalue weighted by atomic mass is 32.1. The van der Waals surface area contributed by atoms with Crippen molar-refractivity contribution in [3.63, 3.8) is 0 Å². The van der Waals surface area contributed by atoms with Gasteiger partial charge in [-0.1, -0.05) is 31.0 Å². The molecule has 1 aromatic heterocycles. The van der Waals surface area contributed by atoms with Gasteiger partial charge in [0.15, 0.2) is 0 Å². The van der Waals surface area contributed by atoms with Crippen LogP contribution in [0.3, 0.4) is 0 Å². The highest BCUT2D eigenvalue weighted by Crippen LogP contribution is 2.31. The van der Waals surface area contributed by atoms with Crippen molar-refractivity contribution in [3.8, 4) is 5.75 Å². The van der Waals surface area contributed by atoms with Crippen molar-refractivity contribution in [1.82, 2.24) is 15.1 Å². The summed E-state index contributed by atoms with van der Waals surface area (Å²) in [5.74, 6) is 1.14. The average molecular weight is 414 g/mol. The smallest absolute Gasteiger partial charge is 0.237 e. The van der Waals surface area contributed by atoms with Gasteiger partial charge < -0.3 is 10.1 Å². The zero-order valence-electron chi connectivity index (χ0n) is 17.2. The first kappa shape index (κ1) is 20.4. The Morgan fingerprint density at radius 1 is 1.24 bits per heavy atom. The Balaban J connectivity index is 1.38. The van der Waals surface area contributed by atoms with E-state index in [1.54, 1.807) is 11.3 Å². The summed E-state index contributed by atoms with van der Waals surface area (Å²) in [5.41, 5.74) is 2.43. The predicted octanol–water partition coefficient (Wildman–Crippen LogP) is 3.67. The van der Waals surface area contributed by atoms with Crippen LogP contribution in [-0.2, 0) is 11.3 Å². The van der Waals surface area contributed by atoms with Gasteiger partial charge >= 0.3 is 0 Å². The van der Waals surface area contributed by atoms with Gasteiger partial charge in [0.1, 0.15) is 11.9 Å². The molecule has 29 heavy (non-hydrogen) atoms. The maximum absolute atomic E-state index is 12.7. The normalized spacial score (nSPS) is 23.5. The van der Waals surface area contributed by atoms with E-state index < -0.39 is 0 Å². The highest BCUT2D eigenvalue weighted by molar-refractivity contribution is 7.07. The van der Waals surface area contributed by atoms with Gasteiger partial charge in [0, 0.05) is 37.3 Å². The highest BCUT2D eigenvalue weighted by Gasteiger charge is 2.26. The number of benzene rings is 1. The van der Waals surface area contributed by atoms with E-state index in [1.165, 1.54) is 24.0 Å². The van der Waals surface area contributed by atoms with E-state index in [9.17, 15) is 4.79 Å². The molecule has 6 heteroatoms. The fraction of sp³-hybridized carbons (Fsp3) is 0.522. The molecule has 5 nitrogen and oxygen atoms in total. The monoisotopic (exact) mass is 413 g/mol. The average Bonchev–Trinajstić information content (AvgIpc) is 3.08. The second-order valence-corrected chi connectivity index (χ2v) is 8.92. The number of thiophene rings is 1. The SMILES string of the molecule is CN1CCCCCC1C(=O)NCCN1Cc2ccccc2OC(c2ccsc2)C1. The first-order valence-corrected chi connectivity index (χ1v) is 11.6. The zero-order chi connectivity index (χ0) is 20.1. The van der Waals surface area contributed by atoms with Crippen LogP contribution in [0.4, 0.5) is 0 Å². The van der Waals surface area contributed by atoms with Crippen molar-refractivity contribution in [2.24, 2.45) is 0 Å². The zero-order valence-corrected chi connectivity index (χ0v) is 18.0. The van der Waals surface area contributed by atoms with Crippen molar-refractivity contribution in [3.05, 3.63) is 52.2 Å². The molecule has 156 valence electrons.